The summed E-state index contributed by atoms with van der Waals surface area (Å²) in [6.45, 7) is 4.26. The third-order valence-corrected chi connectivity index (χ3v) is 4.43. The van der Waals surface area contributed by atoms with Crippen molar-refractivity contribution in [1.82, 2.24) is 10.2 Å². The molecule has 2 atom stereocenters. The SMILES string of the molecule is CCCC(=O)NCC1CCCN(CC(O)c2c(F)cccc2F)C1. The number of benzene rings is 1. The number of carbonyl (C=O) groups is 1. The predicted molar refractivity (Wildman–Crippen MR) is 88.4 cm³/mol. The summed E-state index contributed by atoms with van der Waals surface area (Å²) >= 11 is 0. The van der Waals surface area contributed by atoms with Crippen LogP contribution >= 0.6 is 0 Å². The fraction of sp³-hybridized carbons (Fsp3) is 0.611. The molecule has 1 aliphatic rings. The first-order valence-electron chi connectivity index (χ1n) is 8.62. The predicted octanol–water partition coefficient (Wildman–Crippen LogP) is 2.63. The fourth-order valence-electron chi connectivity index (χ4n) is 3.22. The normalized spacial score (nSPS) is 19.9. The van der Waals surface area contributed by atoms with E-state index in [0.717, 1.165) is 37.9 Å². The lowest BCUT2D eigenvalue weighted by Gasteiger charge is -2.34. The van der Waals surface area contributed by atoms with E-state index in [9.17, 15) is 18.7 Å². The lowest BCUT2D eigenvalue weighted by atomic mass is 9.97. The number of halogens is 2. The largest absolute Gasteiger partial charge is 0.387 e. The lowest BCUT2D eigenvalue weighted by molar-refractivity contribution is -0.121. The minimum absolute atomic E-state index is 0.0584. The molecule has 134 valence electrons. The molecule has 0 aromatic heterocycles. The van der Waals surface area contributed by atoms with Gasteiger partial charge in [-0.05, 0) is 43.9 Å². The smallest absolute Gasteiger partial charge is 0.219 e. The molecular weight excluding hydrogens is 314 g/mol. The summed E-state index contributed by atoms with van der Waals surface area (Å²) < 4.78 is 27.5. The second kappa shape index (κ2) is 9.08. The van der Waals surface area contributed by atoms with Crippen molar-refractivity contribution >= 4 is 5.91 Å². The van der Waals surface area contributed by atoms with Gasteiger partial charge in [-0.3, -0.25) is 4.79 Å². The van der Waals surface area contributed by atoms with E-state index in [-0.39, 0.29) is 18.0 Å². The summed E-state index contributed by atoms with van der Waals surface area (Å²) in [5, 5.41) is 13.1. The average molecular weight is 340 g/mol. The van der Waals surface area contributed by atoms with Crippen LogP contribution < -0.4 is 5.32 Å². The molecule has 0 spiro atoms. The van der Waals surface area contributed by atoms with Gasteiger partial charge in [0.15, 0.2) is 0 Å². The summed E-state index contributed by atoms with van der Waals surface area (Å²) in [4.78, 5) is 13.6. The highest BCUT2D eigenvalue weighted by atomic mass is 19.1. The first-order valence-corrected chi connectivity index (χ1v) is 8.62. The summed E-state index contributed by atoms with van der Waals surface area (Å²) in [5.74, 6) is -1.08. The van der Waals surface area contributed by atoms with Gasteiger partial charge in [-0.15, -0.1) is 0 Å². The van der Waals surface area contributed by atoms with Gasteiger partial charge in [0.25, 0.3) is 0 Å². The van der Waals surface area contributed by atoms with E-state index in [1.165, 1.54) is 6.07 Å². The maximum atomic E-state index is 13.7. The van der Waals surface area contributed by atoms with Gasteiger partial charge in [-0.2, -0.15) is 0 Å². The zero-order chi connectivity index (χ0) is 17.5. The number of likely N-dealkylation sites (tertiary alicyclic amines) is 1. The highest BCUT2D eigenvalue weighted by Gasteiger charge is 2.25. The summed E-state index contributed by atoms with van der Waals surface area (Å²) in [6.07, 6.45) is 2.11. The second-order valence-electron chi connectivity index (χ2n) is 6.47. The molecule has 1 amide bonds. The highest BCUT2D eigenvalue weighted by molar-refractivity contribution is 5.75. The van der Waals surface area contributed by atoms with Crippen molar-refractivity contribution in [2.24, 2.45) is 5.92 Å². The molecule has 0 saturated carbocycles. The lowest BCUT2D eigenvalue weighted by Crippen LogP contribution is -2.42. The quantitative estimate of drug-likeness (QED) is 0.802. The zero-order valence-electron chi connectivity index (χ0n) is 14.1. The molecule has 24 heavy (non-hydrogen) atoms. The number of aliphatic hydroxyl groups is 1. The molecule has 1 saturated heterocycles. The Balaban J connectivity index is 1.87. The molecule has 1 aromatic carbocycles. The molecule has 1 aromatic rings. The Labute approximate surface area is 141 Å². The minimum Gasteiger partial charge on any atom is -0.387 e. The van der Waals surface area contributed by atoms with E-state index in [0.29, 0.717) is 25.4 Å². The van der Waals surface area contributed by atoms with E-state index >= 15 is 0 Å². The summed E-state index contributed by atoms with van der Waals surface area (Å²) in [7, 11) is 0. The van der Waals surface area contributed by atoms with Gasteiger partial charge >= 0.3 is 0 Å². The minimum atomic E-state index is -1.19. The van der Waals surface area contributed by atoms with Crippen molar-refractivity contribution in [3.8, 4) is 0 Å². The number of aliphatic hydroxyl groups excluding tert-OH is 1. The van der Waals surface area contributed by atoms with Gasteiger partial charge in [-0.1, -0.05) is 13.0 Å². The number of carbonyl (C=O) groups excluding carboxylic acids is 1. The fourth-order valence-corrected chi connectivity index (χ4v) is 3.22. The second-order valence-corrected chi connectivity index (χ2v) is 6.47. The molecule has 2 N–H and O–H groups in total. The molecule has 6 heteroatoms. The van der Waals surface area contributed by atoms with Crippen LogP contribution in [0.1, 0.15) is 44.3 Å². The number of nitrogens with zero attached hydrogens (tertiary/aromatic N) is 1. The Hall–Kier alpha value is -1.53. The number of hydrogen-bond donors (Lipinski definition) is 2. The van der Waals surface area contributed by atoms with Gasteiger partial charge < -0.3 is 15.3 Å². The molecule has 0 aliphatic carbocycles. The Morgan fingerprint density at radius 1 is 1.42 bits per heavy atom. The van der Waals surface area contributed by atoms with Gasteiger partial charge in [0.05, 0.1) is 11.7 Å². The Morgan fingerprint density at radius 3 is 2.79 bits per heavy atom. The number of β-amino-alcohol motifs (C(OH)–C–C–N with tert-alkyl or cyclic N) is 1. The maximum absolute atomic E-state index is 13.7. The number of rotatable bonds is 7. The first-order chi connectivity index (χ1) is 11.5. The van der Waals surface area contributed by atoms with Gasteiger partial charge in [0, 0.05) is 26.1 Å². The van der Waals surface area contributed by atoms with Crippen LogP contribution in [0.4, 0.5) is 8.78 Å². The third kappa shape index (κ3) is 5.24. The van der Waals surface area contributed by atoms with Crippen molar-refractivity contribution in [1.29, 1.82) is 0 Å². The molecule has 4 nitrogen and oxygen atoms in total. The van der Waals surface area contributed by atoms with Crippen molar-refractivity contribution in [3.63, 3.8) is 0 Å². The van der Waals surface area contributed by atoms with E-state index in [1.807, 2.05) is 11.8 Å². The number of nitrogens with one attached hydrogen (secondary N) is 1. The molecule has 1 fully saturated rings. The van der Waals surface area contributed by atoms with E-state index < -0.39 is 17.7 Å². The van der Waals surface area contributed by atoms with Crippen LogP contribution in [-0.2, 0) is 4.79 Å². The van der Waals surface area contributed by atoms with E-state index in [1.54, 1.807) is 0 Å². The van der Waals surface area contributed by atoms with Gasteiger partial charge in [0.1, 0.15) is 11.6 Å². The van der Waals surface area contributed by atoms with Crippen LogP contribution in [0.15, 0.2) is 18.2 Å². The van der Waals surface area contributed by atoms with Crippen molar-refractivity contribution in [2.45, 2.75) is 38.7 Å². The highest BCUT2D eigenvalue weighted by Crippen LogP contribution is 2.24. The molecule has 2 rings (SSSR count). The molecule has 1 heterocycles. The third-order valence-electron chi connectivity index (χ3n) is 4.43. The molecule has 0 bridgehead atoms. The topological polar surface area (TPSA) is 52.6 Å². The van der Waals surface area contributed by atoms with Gasteiger partial charge in [-0.25, -0.2) is 8.78 Å². The Morgan fingerprint density at radius 2 is 2.12 bits per heavy atom. The summed E-state index contributed by atoms with van der Waals surface area (Å²) in [6, 6.07) is 3.60. The van der Waals surface area contributed by atoms with Crippen molar-refractivity contribution < 1.29 is 18.7 Å². The maximum Gasteiger partial charge on any atom is 0.219 e. The van der Waals surface area contributed by atoms with Crippen LogP contribution in [0, 0.1) is 17.6 Å². The molecule has 0 radical (unpaired) electrons. The summed E-state index contributed by atoms with van der Waals surface area (Å²) in [5.41, 5.74) is -0.268. The monoisotopic (exact) mass is 340 g/mol. The van der Waals surface area contributed by atoms with Crippen LogP contribution in [0.2, 0.25) is 0 Å². The number of amides is 1. The number of hydrogen-bond acceptors (Lipinski definition) is 3. The van der Waals surface area contributed by atoms with Crippen molar-refractivity contribution in [2.75, 3.05) is 26.2 Å². The van der Waals surface area contributed by atoms with Crippen LogP contribution in [-0.4, -0.2) is 42.1 Å². The average Bonchev–Trinajstić information content (AvgIpc) is 2.53. The van der Waals surface area contributed by atoms with Gasteiger partial charge in [0.2, 0.25) is 5.91 Å². The Bertz CT molecular complexity index is 534. The molecule has 2 unspecified atom stereocenters. The van der Waals surface area contributed by atoms with Crippen molar-refractivity contribution in [3.05, 3.63) is 35.4 Å². The zero-order valence-corrected chi connectivity index (χ0v) is 14.1. The molecule has 1 aliphatic heterocycles. The van der Waals surface area contributed by atoms with Crippen LogP contribution in [0.25, 0.3) is 0 Å². The standard InChI is InChI=1S/C18H26F2N2O2/c1-2-5-17(24)21-10-13-6-4-9-22(11-13)12-16(23)18-14(19)7-3-8-15(18)20/h3,7-8,13,16,23H,2,4-6,9-12H2,1H3,(H,21,24). The first kappa shape index (κ1) is 18.8. The van der Waals surface area contributed by atoms with Crippen LogP contribution in [0.3, 0.4) is 0 Å². The molecular formula is C18H26F2N2O2. The number of piperidine rings is 1. The van der Waals surface area contributed by atoms with Crippen LogP contribution in [0.5, 0.6) is 0 Å². The Kier molecular flexibility index (Phi) is 7.12. The van der Waals surface area contributed by atoms with E-state index in [2.05, 4.69) is 5.32 Å². The van der Waals surface area contributed by atoms with E-state index in [4.69, 9.17) is 0 Å².